The number of amides is 1. The number of benzene rings is 1. The normalized spacial score (nSPS) is 15.7. The Hall–Kier alpha value is -1.84. The van der Waals surface area contributed by atoms with Gasteiger partial charge in [0.25, 0.3) is 0 Å². The Balaban J connectivity index is 2.54. The number of hydrogen-bond acceptors (Lipinski definition) is 7. The van der Waals surface area contributed by atoms with Crippen LogP contribution in [0.5, 0.6) is 0 Å². The molecule has 0 saturated carbocycles. The summed E-state index contributed by atoms with van der Waals surface area (Å²) in [5.41, 5.74) is 2.60. The first-order chi connectivity index (χ1) is 12.6. The van der Waals surface area contributed by atoms with Crippen molar-refractivity contribution < 1.29 is 35.1 Å². The third-order valence-corrected chi connectivity index (χ3v) is 4.61. The Morgan fingerprint density at radius 1 is 0.963 bits per heavy atom. The van der Waals surface area contributed by atoms with Gasteiger partial charge < -0.3 is 30.4 Å². The maximum Gasteiger partial charge on any atom is 0.222 e. The molecule has 0 radical (unpaired) electrons. The third-order valence-electron chi connectivity index (χ3n) is 4.61. The average molecular weight is 383 g/mol. The highest BCUT2D eigenvalue weighted by atomic mass is 16.4. The molecule has 4 unspecified atom stereocenters. The fourth-order valence-electron chi connectivity index (χ4n) is 2.52. The van der Waals surface area contributed by atoms with Gasteiger partial charge in [-0.15, -0.1) is 0 Å². The molecule has 0 aliphatic heterocycles. The molecule has 0 aliphatic carbocycles. The summed E-state index contributed by atoms with van der Waals surface area (Å²) in [4.78, 5) is 25.5. The van der Waals surface area contributed by atoms with E-state index in [1.807, 2.05) is 19.9 Å². The minimum Gasteiger partial charge on any atom is -0.394 e. The van der Waals surface area contributed by atoms with Gasteiger partial charge in [-0.3, -0.25) is 9.59 Å². The molecular formula is C19H29NO7. The van der Waals surface area contributed by atoms with Gasteiger partial charge in [0.2, 0.25) is 5.91 Å². The van der Waals surface area contributed by atoms with Crippen LogP contribution in [0, 0.1) is 13.8 Å². The number of aryl methyl sites for hydroxylation is 2. The fraction of sp³-hybridized carbons (Fsp3) is 0.579. The fourth-order valence-corrected chi connectivity index (χ4v) is 2.52. The number of Topliss-reactive ketones (excluding diaryl/α,β-unsaturated/α-hetero) is 1. The number of aliphatic hydroxyl groups is 5. The van der Waals surface area contributed by atoms with E-state index in [1.165, 1.54) is 7.05 Å². The molecule has 4 atom stereocenters. The molecule has 8 heteroatoms. The lowest BCUT2D eigenvalue weighted by Gasteiger charge is -2.28. The molecule has 0 fully saturated rings. The lowest BCUT2D eigenvalue weighted by molar-refractivity contribution is -0.137. The molecule has 0 heterocycles. The Morgan fingerprint density at radius 2 is 1.56 bits per heavy atom. The Bertz CT molecular complexity index is 649. The van der Waals surface area contributed by atoms with E-state index in [2.05, 4.69) is 0 Å². The molecule has 0 spiro atoms. The lowest BCUT2D eigenvalue weighted by Crippen LogP contribution is -2.50. The summed E-state index contributed by atoms with van der Waals surface area (Å²) in [7, 11) is 1.40. The topological polar surface area (TPSA) is 139 Å². The monoisotopic (exact) mass is 383 g/mol. The second kappa shape index (κ2) is 10.5. The SMILES string of the molecule is Cc1ccc(C(=O)CCC(=O)N(C)CC(O)C(O)C(O)C(O)CO)cc1C. The second-order valence-corrected chi connectivity index (χ2v) is 6.79. The van der Waals surface area contributed by atoms with Crippen LogP contribution in [0.4, 0.5) is 0 Å². The van der Waals surface area contributed by atoms with E-state index in [4.69, 9.17) is 5.11 Å². The second-order valence-electron chi connectivity index (χ2n) is 6.79. The summed E-state index contributed by atoms with van der Waals surface area (Å²) in [5.74, 6) is -0.572. The molecule has 1 aromatic rings. The number of nitrogens with zero attached hydrogens (tertiary/aromatic N) is 1. The standard InChI is InChI=1S/C19H29NO7/c1-11-4-5-13(8-12(11)2)14(22)6-7-17(25)20(3)9-15(23)18(26)19(27)16(24)10-21/h4-5,8,15-16,18-19,21,23-24,26-27H,6-7,9-10H2,1-3H3. The van der Waals surface area contributed by atoms with Crippen LogP contribution in [0.2, 0.25) is 0 Å². The number of hydrogen-bond donors (Lipinski definition) is 5. The van der Waals surface area contributed by atoms with E-state index in [1.54, 1.807) is 12.1 Å². The number of likely N-dealkylation sites (N-methyl/N-ethyl adjacent to an activating group) is 1. The van der Waals surface area contributed by atoms with Crippen LogP contribution in [0.1, 0.15) is 34.3 Å². The van der Waals surface area contributed by atoms with Gasteiger partial charge in [0, 0.05) is 32.0 Å². The molecule has 27 heavy (non-hydrogen) atoms. The van der Waals surface area contributed by atoms with Crippen molar-refractivity contribution in [3.8, 4) is 0 Å². The zero-order valence-electron chi connectivity index (χ0n) is 15.9. The van der Waals surface area contributed by atoms with Crippen LogP contribution in [-0.4, -0.2) is 86.7 Å². The van der Waals surface area contributed by atoms with Gasteiger partial charge in [-0.1, -0.05) is 12.1 Å². The van der Waals surface area contributed by atoms with Crippen LogP contribution in [0.3, 0.4) is 0 Å². The van der Waals surface area contributed by atoms with E-state index in [0.29, 0.717) is 5.56 Å². The third kappa shape index (κ3) is 6.67. The van der Waals surface area contributed by atoms with Gasteiger partial charge in [-0.2, -0.15) is 0 Å². The van der Waals surface area contributed by atoms with Crippen LogP contribution in [0.15, 0.2) is 18.2 Å². The summed E-state index contributed by atoms with van der Waals surface area (Å²) >= 11 is 0. The smallest absolute Gasteiger partial charge is 0.222 e. The van der Waals surface area contributed by atoms with Gasteiger partial charge >= 0.3 is 0 Å². The number of carbonyl (C=O) groups excluding carboxylic acids is 2. The van der Waals surface area contributed by atoms with Crippen molar-refractivity contribution in [3.05, 3.63) is 34.9 Å². The predicted molar refractivity (Wildman–Crippen MR) is 98.2 cm³/mol. The number of aliphatic hydroxyl groups excluding tert-OH is 5. The minimum absolute atomic E-state index is 0.0101. The number of ketones is 1. The highest BCUT2D eigenvalue weighted by Crippen LogP contribution is 2.13. The molecule has 0 saturated heterocycles. The van der Waals surface area contributed by atoms with Gasteiger partial charge in [-0.25, -0.2) is 0 Å². The van der Waals surface area contributed by atoms with Crippen LogP contribution in [0.25, 0.3) is 0 Å². The summed E-state index contributed by atoms with van der Waals surface area (Å²) in [5, 5.41) is 47.3. The summed E-state index contributed by atoms with van der Waals surface area (Å²) in [6.07, 6.45) is -6.67. The van der Waals surface area contributed by atoms with Crippen molar-refractivity contribution in [2.24, 2.45) is 0 Å². The van der Waals surface area contributed by atoms with Crippen molar-refractivity contribution in [3.63, 3.8) is 0 Å². The van der Waals surface area contributed by atoms with Crippen molar-refractivity contribution in [2.45, 2.75) is 51.1 Å². The highest BCUT2D eigenvalue weighted by Gasteiger charge is 2.31. The minimum atomic E-state index is -1.75. The maximum atomic E-state index is 12.2. The molecule has 1 aromatic carbocycles. The first-order valence-corrected chi connectivity index (χ1v) is 8.76. The van der Waals surface area contributed by atoms with Crippen molar-refractivity contribution in [1.29, 1.82) is 0 Å². The quantitative estimate of drug-likeness (QED) is 0.332. The largest absolute Gasteiger partial charge is 0.394 e. The molecule has 152 valence electrons. The van der Waals surface area contributed by atoms with Crippen LogP contribution < -0.4 is 0 Å². The van der Waals surface area contributed by atoms with Crippen molar-refractivity contribution >= 4 is 11.7 Å². The summed E-state index contributed by atoms with van der Waals surface area (Å²) < 4.78 is 0. The van der Waals surface area contributed by atoms with Gasteiger partial charge in [0.05, 0.1) is 6.61 Å². The molecule has 0 bridgehead atoms. The summed E-state index contributed by atoms with van der Waals surface area (Å²) in [6, 6.07) is 5.34. The zero-order valence-corrected chi connectivity index (χ0v) is 15.9. The predicted octanol–water partition coefficient (Wildman–Crippen LogP) is -0.839. The van der Waals surface area contributed by atoms with E-state index >= 15 is 0 Å². The molecule has 0 aliphatic rings. The molecule has 5 N–H and O–H groups in total. The Morgan fingerprint density at radius 3 is 2.11 bits per heavy atom. The van der Waals surface area contributed by atoms with Crippen LogP contribution in [-0.2, 0) is 4.79 Å². The highest BCUT2D eigenvalue weighted by molar-refractivity contribution is 5.98. The Labute approximate surface area is 158 Å². The van der Waals surface area contributed by atoms with E-state index in [0.717, 1.165) is 16.0 Å². The average Bonchev–Trinajstić information content (AvgIpc) is 2.65. The molecule has 0 aromatic heterocycles. The molecule has 8 nitrogen and oxygen atoms in total. The van der Waals surface area contributed by atoms with Crippen molar-refractivity contribution in [2.75, 3.05) is 20.2 Å². The van der Waals surface area contributed by atoms with Crippen LogP contribution >= 0.6 is 0 Å². The molecular weight excluding hydrogens is 354 g/mol. The van der Waals surface area contributed by atoms with E-state index < -0.39 is 36.9 Å². The van der Waals surface area contributed by atoms with E-state index in [9.17, 15) is 30.0 Å². The van der Waals surface area contributed by atoms with E-state index in [-0.39, 0.29) is 25.2 Å². The Kier molecular flexibility index (Phi) is 9.01. The first-order valence-electron chi connectivity index (χ1n) is 8.76. The number of rotatable bonds is 10. The van der Waals surface area contributed by atoms with Gasteiger partial charge in [0.1, 0.15) is 24.4 Å². The van der Waals surface area contributed by atoms with Crippen molar-refractivity contribution in [1.82, 2.24) is 4.90 Å². The molecule has 1 rings (SSSR count). The van der Waals surface area contributed by atoms with Gasteiger partial charge in [0.15, 0.2) is 5.78 Å². The first kappa shape index (κ1) is 23.2. The lowest BCUT2D eigenvalue weighted by atomic mass is 10.0. The zero-order chi connectivity index (χ0) is 20.7. The molecule has 1 amide bonds. The summed E-state index contributed by atoms with van der Waals surface area (Å²) in [6.45, 7) is 2.77. The maximum absolute atomic E-state index is 12.2. The van der Waals surface area contributed by atoms with Gasteiger partial charge in [-0.05, 0) is 31.0 Å². The number of carbonyl (C=O) groups is 2.